The number of hydrogen-bond acceptors (Lipinski definition) is 9. The Labute approximate surface area is 170 Å². The summed E-state index contributed by atoms with van der Waals surface area (Å²) < 4.78 is 34.0. The molecule has 29 heavy (non-hydrogen) atoms. The maximum absolute atomic E-state index is 12.6. The van der Waals surface area contributed by atoms with Gasteiger partial charge in [0.2, 0.25) is 5.95 Å². The van der Waals surface area contributed by atoms with Crippen molar-refractivity contribution < 1.29 is 18.2 Å². The van der Waals surface area contributed by atoms with Gasteiger partial charge in [0.05, 0.1) is 0 Å². The standard InChI is InChI=1S/C16H15ClN6O5S/c1-2-10-7-8-22(14(24)13(10)29(26,27)28)12-5-3-11(4-6-12)20-15-18-9-19-16(21-15)23(17)25/h3-9,25H,2H2,1H3,(H,26,27,28)(H,18,19,20,21). The van der Waals surface area contributed by atoms with E-state index in [1.807, 2.05) is 0 Å². The lowest BCUT2D eigenvalue weighted by Gasteiger charge is -2.11. The molecule has 2 aromatic heterocycles. The minimum Gasteiger partial charge on any atom is -0.324 e. The summed E-state index contributed by atoms with van der Waals surface area (Å²) in [6.07, 6.45) is 2.86. The van der Waals surface area contributed by atoms with Gasteiger partial charge in [0, 0.05) is 29.3 Å². The van der Waals surface area contributed by atoms with Crippen LogP contribution in [0.3, 0.4) is 0 Å². The molecule has 0 saturated carbocycles. The molecule has 0 bridgehead atoms. The zero-order valence-electron chi connectivity index (χ0n) is 14.9. The average molecular weight is 439 g/mol. The molecule has 0 aliphatic rings. The van der Waals surface area contributed by atoms with E-state index in [-0.39, 0.29) is 28.5 Å². The van der Waals surface area contributed by atoms with Crippen LogP contribution in [0.2, 0.25) is 0 Å². The van der Waals surface area contributed by atoms with Crippen LogP contribution < -0.4 is 15.5 Å². The van der Waals surface area contributed by atoms with Gasteiger partial charge in [-0.3, -0.25) is 19.1 Å². The van der Waals surface area contributed by atoms with E-state index in [1.165, 1.54) is 12.3 Å². The largest absolute Gasteiger partial charge is 0.324 e. The lowest BCUT2D eigenvalue weighted by atomic mass is 10.2. The van der Waals surface area contributed by atoms with E-state index in [9.17, 15) is 17.8 Å². The van der Waals surface area contributed by atoms with Crippen molar-refractivity contribution in [3.8, 4) is 5.69 Å². The predicted octanol–water partition coefficient (Wildman–Crippen LogP) is 1.92. The Bertz CT molecular complexity index is 1200. The van der Waals surface area contributed by atoms with Gasteiger partial charge in [-0.05, 0) is 42.3 Å². The molecule has 0 radical (unpaired) electrons. The van der Waals surface area contributed by atoms with Crippen LogP contribution in [0.5, 0.6) is 0 Å². The number of anilines is 3. The first-order valence-electron chi connectivity index (χ1n) is 8.14. The first-order chi connectivity index (χ1) is 13.7. The van der Waals surface area contributed by atoms with Gasteiger partial charge in [-0.1, -0.05) is 6.92 Å². The van der Waals surface area contributed by atoms with Crippen LogP contribution in [0.4, 0.5) is 17.6 Å². The molecule has 3 aromatic rings. The van der Waals surface area contributed by atoms with Crippen LogP contribution in [-0.2, 0) is 16.5 Å². The molecule has 152 valence electrons. The number of hydrogen-bond donors (Lipinski definition) is 3. The Morgan fingerprint density at radius 1 is 1.21 bits per heavy atom. The Hall–Kier alpha value is -3.06. The van der Waals surface area contributed by atoms with E-state index in [0.29, 0.717) is 11.4 Å². The Morgan fingerprint density at radius 3 is 2.48 bits per heavy atom. The molecule has 0 aliphatic heterocycles. The van der Waals surface area contributed by atoms with Crippen molar-refractivity contribution in [2.75, 3.05) is 9.90 Å². The summed E-state index contributed by atoms with van der Waals surface area (Å²) in [6, 6.07) is 7.79. The highest BCUT2D eigenvalue weighted by Gasteiger charge is 2.21. The van der Waals surface area contributed by atoms with E-state index in [2.05, 4.69) is 20.3 Å². The molecule has 0 saturated heterocycles. The maximum atomic E-state index is 12.6. The lowest BCUT2D eigenvalue weighted by Crippen LogP contribution is -2.26. The van der Waals surface area contributed by atoms with E-state index in [0.717, 1.165) is 10.9 Å². The number of aromatic nitrogens is 4. The third-order valence-corrected chi connectivity index (χ3v) is 5.00. The van der Waals surface area contributed by atoms with E-state index in [4.69, 9.17) is 17.0 Å². The second-order valence-electron chi connectivity index (χ2n) is 5.71. The highest BCUT2D eigenvalue weighted by Crippen LogP contribution is 2.18. The number of benzene rings is 1. The van der Waals surface area contributed by atoms with Crippen molar-refractivity contribution in [1.82, 2.24) is 19.5 Å². The molecule has 3 rings (SSSR count). The number of pyridine rings is 1. The molecule has 0 unspecified atom stereocenters. The third kappa shape index (κ3) is 4.51. The molecule has 2 heterocycles. The SMILES string of the molecule is CCc1ccn(-c2ccc(Nc3ncnc(N(O)Cl)n3)cc2)c(=O)c1S(=O)(=O)O. The highest BCUT2D eigenvalue weighted by molar-refractivity contribution is 7.85. The Morgan fingerprint density at radius 2 is 1.90 bits per heavy atom. The summed E-state index contributed by atoms with van der Waals surface area (Å²) >= 11 is 5.36. The first kappa shape index (κ1) is 20.7. The van der Waals surface area contributed by atoms with Crippen LogP contribution >= 0.6 is 11.8 Å². The quantitative estimate of drug-likeness (QED) is 0.295. The fourth-order valence-corrected chi connectivity index (χ4v) is 3.53. The van der Waals surface area contributed by atoms with Crippen LogP contribution in [0.1, 0.15) is 12.5 Å². The zero-order valence-corrected chi connectivity index (χ0v) is 16.5. The van der Waals surface area contributed by atoms with Crippen molar-refractivity contribution in [3.63, 3.8) is 0 Å². The molecular weight excluding hydrogens is 424 g/mol. The van der Waals surface area contributed by atoms with Crippen molar-refractivity contribution in [3.05, 3.63) is 58.8 Å². The third-order valence-electron chi connectivity index (χ3n) is 3.89. The number of halogens is 1. The molecule has 1 aromatic carbocycles. The summed E-state index contributed by atoms with van der Waals surface area (Å²) in [5.74, 6) is -0.0679. The summed E-state index contributed by atoms with van der Waals surface area (Å²) in [6.45, 7) is 1.68. The fourth-order valence-electron chi connectivity index (χ4n) is 2.58. The predicted molar refractivity (Wildman–Crippen MR) is 104 cm³/mol. The van der Waals surface area contributed by atoms with Crippen LogP contribution in [0, 0.1) is 0 Å². The topological polar surface area (TPSA) is 151 Å². The van der Waals surface area contributed by atoms with Gasteiger partial charge in [0.25, 0.3) is 21.6 Å². The fraction of sp³-hybridized carbons (Fsp3) is 0.125. The molecule has 0 atom stereocenters. The highest BCUT2D eigenvalue weighted by atomic mass is 35.5. The number of nitrogens with zero attached hydrogens (tertiary/aromatic N) is 5. The molecule has 0 fully saturated rings. The van der Waals surface area contributed by atoms with Crippen molar-refractivity contribution >= 4 is 39.5 Å². The second-order valence-corrected chi connectivity index (χ2v) is 7.39. The molecule has 0 aliphatic carbocycles. The van der Waals surface area contributed by atoms with Crippen LogP contribution in [0.15, 0.2) is 52.5 Å². The Kier molecular flexibility index (Phi) is 5.79. The lowest BCUT2D eigenvalue weighted by molar-refractivity contribution is 0.319. The van der Waals surface area contributed by atoms with Gasteiger partial charge in [-0.15, -0.1) is 4.58 Å². The molecular formula is C16H15ClN6O5S. The van der Waals surface area contributed by atoms with Gasteiger partial charge >= 0.3 is 0 Å². The minimum absolute atomic E-state index is 0.112. The van der Waals surface area contributed by atoms with Gasteiger partial charge in [0.1, 0.15) is 6.33 Å². The van der Waals surface area contributed by atoms with E-state index < -0.39 is 20.6 Å². The molecule has 0 spiro atoms. The van der Waals surface area contributed by atoms with Gasteiger partial charge < -0.3 is 5.32 Å². The van der Waals surface area contributed by atoms with Gasteiger partial charge in [-0.25, -0.2) is 4.98 Å². The minimum atomic E-state index is -4.67. The molecule has 11 nitrogen and oxygen atoms in total. The van der Waals surface area contributed by atoms with Crippen molar-refractivity contribution in [2.24, 2.45) is 0 Å². The molecule has 3 N–H and O–H groups in total. The maximum Gasteiger partial charge on any atom is 0.300 e. The molecule has 13 heteroatoms. The zero-order chi connectivity index (χ0) is 21.2. The van der Waals surface area contributed by atoms with Crippen molar-refractivity contribution in [1.29, 1.82) is 0 Å². The first-order valence-corrected chi connectivity index (χ1v) is 9.92. The Balaban J connectivity index is 1.93. The van der Waals surface area contributed by atoms with Gasteiger partial charge in [-0.2, -0.15) is 18.4 Å². The number of rotatable bonds is 6. The summed E-state index contributed by atoms with van der Waals surface area (Å²) in [7, 11) is -4.67. The smallest absolute Gasteiger partial charge is 0.300 e. The average Bonchev–Trinajstić information content (AvgIpc) is 2.67. The number of nitrogens with one attached hydrogen (secondary N) is 1. The summed E-state index contributed by atoms with van der Waals surface area (Å²) in [4.78, 5) is 23.4. The summed E-state index contributed by atoms with van der Waals surface area (Å²) in [5, 5.41) is 12.0. The van der Waals surface area contributed by atoms with E-state index >= 15 is 0 Å². The van der Waals surface area contributed by atoms with Crippen LogP contribution in [0.25, 0.3) is 5.69 Å². The van der Waals surface area contributed by atoms with Crippen molar-refractivity contribution in [2.45, 2.75) is 18.2 Å². The summed E-state index contributed by atoms with van der Waals surface area (Å²) in [5.41, 5.74) is 0.305. The van der Waals surface area contributed by atoms with Gasteiger partial charge in [0.15, 0.2) is 4.90 Å². The monoisotopic (exact) mass is 438 g/mol. The van der Waals surface area contributed by atoms with E-state index in [1.54, 1.807) is 31.2 Å². The second kappa shape index (κ2) is 8.13. The normalized spacial score (nSPS) is 11.3. The van der Waals surface area contributed by atoms with Crippen LogP contribution in [-0.4, -0.2) is 37.7 Å². The number of aryl methyl sites for hydroxylation is 1. The molecule has 0 amide bonds.